The van der Waals surface area contributed by atoms with Gasteiger partial charge in [-0.15, -0.1) is 0 Å². The van der Waals surface area contributed by atoms with E-state index >= 15 is 0 Å². The molecule has 2 aromatic heterocycles. The zero-order chi connectivity index (χ0) is 12.7. The molecule has 0 aliphatic carbocycles. The first-order valence-corrected chi connectivity index (χ1v) is 6.30. The molecule has 1 fully saturated rings. The van der Waals surface area contributed by atoms with Crippen LogP contribution < -0.4 is 5.32 Å². The van der Waals surface area contributed by atoms with Crippen molar-refractivity contribution in [1.82, 2.24) is 20.4 Å². The Labute approximate surface area is 109 Å². The van der Waals surface area contributed by atoms with E-state index in [0.29, 0.717) is 17.6 Å². The van der Waals surface area contributed by atoms with Crippen molar-refractivity contribution >= 4 is 10.8 Å². The molecule has 1 aliphatic rings. The van der Waals surface area contributed by atoms with Crippen molar-refractivity contribution < 1.29 is 4.52 Å². The first-order valence-electron chi connectivity index (χ1n) is 6.30. The molecule has 94 valence electrons. The van der Waals surface area contributed by atoms with Crippen molar-refractivity contribution in [2.24, 2.45) is 0 Å². The van der Waals surface area contributed by atoms with Crippen LogP contribution in [0.5, 0.6) is 0 Å². The van der Waals surface area contributed by atoms with E-state index in [9.17, 15) is 0 Å². The standard InChI is InChI=1S/C14H12N4O/c1-2-4-11-9(3-1)5-6-16-12(11)13-17-14(19-18-13)10-7-15-8-10/h1-6,10,15H,7-8H2. The van der Waals surface area contributed by atoms with Gasteiger partial charge in [0.2, 0.25) is 11.7 Å². The lowest BCUT2D eigenvalue weighted by molar-refractivity contribution is 0.308. The van der Waals surface area contributed by atoms with E-state index < -0.39 is 0 Å². The van der Waals surface area contributed by atoms with Crippen LogP contribution in [0.2, 0.25) is 0 Å². The van der Waals surface area contributed by atoms with E-state index in [4.69, 9.17) is 4.52 Å². The summed E-state index contributed by atoms with van der Waals surface area (Å²) in [5.41, 5.74) is 0.778. The van der Waals surface area contributed by atoms with E-state index in [1.165, 1.54) is 0 Å². The third-order valence-electron chi connectivity index (χ3n) is 3.46. The number of hydrogen-bond donors (Lipinski definition) is 1. The van der Waals surface area contributed by atoms with E-state index in [1.54, 1.807) is 6.20 Å². The van der Waals surface area contributed by atoms with E-state index in [0.717, 1.165) is 29.6 Å². The molecule has 0 unspecified atom stereocenters. The fourth-order valence-electron chi connectivity index (χ4n) is 2.26. The van der Waals surface area contributed by atoms with Crippen LogP contribution in [0.3, 0.4) is 0 Å². The van der Waals surface area contributed by atoms with Gasteiger partial charge in [-0.1, -0.05) is 29.4 Å². The highest BCUT2D eigenvalue weighted by Gasteiger charge is 2.25. The number of hydrogen-bond acceptors (Lipinski definition) is 5. The molecule has 0 spiro atoms. The fraction of sp³-hybridized carbons (Fsp3) is 0.214. The van der Waals surface area contributed by atoms with E-state index in [2.05, 4.69) is 26.5 Å². The predicted octanol–water partition coefficient (Wildman–Crippen LogP) is 1.97. The highest BCUT2D eigenvalue weighted by atomic mass is 16.5. The Morgan fingerprint density at radius 2 is 2.05 bits per heavy atom. The zero-order valence-electron chi connectivity index (χ0n) is 10.2. The molecule has 5 nitrogen and oxygen atoms in total. The fourth-order valence-corrected chi connectivity index (χ4v) is 2.26. The smallest absolute Gasteiger partial charge is 0.232 e. The molecule has 4 rings (SSSR count). The average Bonchev–Trinajstić information content (AvgIpc) is 2.85. The van der Waals surface area contributed by atoms with Crippen LogP contribution in [0.4, 0.5) is 0 Å². The molecule has 0 bridgehead atoms. The number of rotatable bonds is 2. The lowest BCUT2D eigenvalue weighted by atomic mass is 10.0. The van der Waals surface area contributed by atoms with Crippen molar-refractivity contribution in [2.45, 2.75) is 5.92 Å². The van der Waals surface area contributed by atoms with Crippen LogP contribution in [-0.2, 0) is 0 Å². The average molecular weight is 252 g/mol. The molecule has 1 N–H and O–H groups in total. The Balaban J connectivity index is 1.83. The highest BCUT2D eigenvalue weighted by Crippen LogP contribution is 2.26. The van der Waals surface area contributed by atoms with Crippen LogP contribution in [0, 0.1) is 0 Å². The minimum Gasteiger partial charge on any atom is -0.339 e. The first kappa shape index (κ1) is 10.6. The van der Waals surface area contributed by atoms with Gasteiger partial charge in [0.05, 0.1) is 5.92 Å². The van der Waals surface area contributed by atoms with Gasteiger partial charge in [0.25, 0.3) is 0 Å². The van der Waals surface area contributed by atoms with E-state index in [1.807, 2.05) is 24.3 Å². The predicted molar refractivity (Wildman–Crippen MR) is 70.6 cm³/mol. The molecule has 1 aromatic carbocycles. The van der Waals surface area contributed by atoms with Crippen molar-refractivity contribution in [3.05, 3.63) is 42.4 Å². The summed E-state index contributed by atoms with van der Waals surface area (Å²) in [7, 11) is 0. The normalized spacial score (nSPS) is 15.6. The second kappa shape index (κ2) is 4.13. The Hall–Kier alpha value is -2.27. The minimum absolute atomic E-state index is 0.344. The van der Waals surface area contributed by atoms with Crippen molar-refractivity contribution in [1.29, 1.82) is 0 Å². The van der Waals surface area contributed by atoms with Crippen LogP contribution in [0.1, 0.15) is 11.8 Å². The highest BCUT2D eigenvalue weighted by molar-refractivity contribution is 5.92. The zero-order valence-corrected chi connectivity index (χ0v) is 10.2. The second-order valence-electron chi connectivity index (χ2n) is 4.69. The van der Waals surface area contributed by atoms with Gasteiger partial charge in [0, 0.05) is 24.7 Å². The van der Waals surface area contributed by atoms with Crippen LogP contribution in [0.25, 0.3) is 22.3 Å². The number of nitrogens with one attached hydrogen (secondary N) is 1. The molecule has 1 aliphatic heterocycles. The van der Waals surface area contributed by atoms with Crippen molar-refractivity contribution in [2.75, 3.05) is 13.1 Å². The molecule has 5 heteroatoms. The van der Waals surface area contributed by atoms with Gasteiger partial charge in [0.1, 0.15) is 5.69 Å². The third kappa shape index (κ3) is 1.70. The van der Waals surface area contributed by atoms with Crippen molar-refractivity contribution in [3.63, 3.8) is 0 Å². The first-order chi connectivity index (χ1) is 9.42. The van der Waals surface area contributed by atoms with Gasteiger partial charge in [-0.3, -0.25) is 4.98 Å². The van der Waals surface area contributed by atoms with Gasteiger partial charge in [-0.25, -0.2) is 0 Å². The quantitative estimate of drug-likeness (QED) is 0.755. The number of nitrogens with zero attached hydrogens (tertiary/aromatic N) is 3. The largest absolute Gasteiger partial charge is 0.339 e. The third-order valence-corrected chi connectivity index (χ3v) is 3.46. The molecule has 0 saturated carbocycles. The molecule has 0 amide bonds. The minimum atomic E-state index is 0.344. The molecule has 3 heterocycles. The van der Waals surface area contributed by atoms with Gasteiger partial charge < -0.3 is 9.84 Å². The molecular formula is C14H12N4O. The summed E-state index contributed by atoms with van der Waals surface area (Å²) in [4.78, 5) is 8.87. The maximum atomic E-state index is 5.33. The Morgan fingerprint density at radius 3 is 2.89 bits per heavy atom. The summed E-state index contributed by atoms with van der Waals surface area (Å²) < 4.78 is 5.33. The van der Waals surface area contributed by atoms with Crippen LogP contribution >= 0.6 is 0 Å². The van der Waals surface area contributed by atoms with E-state index in [-0.39, 0.29) is 0 Å². The Bertz CT molecular complexity index is 728. The van der Waals surface area contributed by atoms with Crippen LogP contribution in [-0.4, -0.2) is 28.2 Å². The number of aromatic nitrogens is 3. The van der Waals surface area contributed by atoms with Gasteiger partial charge in [-0.05, 0) is 11.5 Å². The molecule has 0 atom stereocenters. The summed E-state index contributed by atoms with van der Waals surface area (Å²) in [6.07, 6.45) is 1.78. The Morgan fingerprint density at radius 1 is 1.16 bits per heavy atom. The van der Waals surface area contributed by atoms with Gasteiger partial charge in [-0.2, -0.15) is 4.98 Å². The lowest BCUT2D eigenvalue weighted by Gasteiger charge is -2.22. The van der Waals surface area contributed by atoms with Gasteiger partial charge >= 0.3 is 0 Å². The lowest BCUT2D eigenvalue weighted by Crippen LogP contribution is -2.40. The maximum absolute atomic E-state index is 5.33. The SMILES string of the molecule is c1ccc2c(-c3noc(C4CNC4)n3)nccc2c1. The van der Waals surface area contributed by atoms with Crippen LogP contribution in [0.15, 0.2) is 41.1 Å². The number of fused-ring (bicyclic) bond motifs is 1. The Kier molecular flexibility index (Phi) is 2.31. The summed E-state index contributed by atoms with van der Waals surface area (Å²) in [5.74, 6) is 1.61. The molecule has 19 heavy (non-hydrogen) atoms. The summed E-state index contributed by atoms with van der Waals surface area (Å²) >= 11 is 0. The summed E-state index contributed by atoms with van der Waals surface area (Å²) in [6.45, 7) is 1.81. The van der Waals surface area contributed by atoms with Crippen molar-refractivity contribution in [3.8, 4) is 11.5 Å². The topological polar surface area (TPSA) is 63.8 Å². The molecule has 3 aromatic rings. The molecule has 1 saturated heterocycles. The second-order valence-corrected chi connectivity index (χ2v) is 4.69. The van der Waals surface area contributed by atoms with Gasteiger partial charge in [0.15, 0.2) is 0 Å². The molecule has 0 radical (unpaired) electrons. The monoisotopic (exact) mass is 252 g/mol. The summed E-state index contributed by atoms with van der Waals surface area (Å²) in [5, 5.41) is 9.43. The maximum Gasteiger partial charge on any atom is 0.232 e. The molecular weight excluding hydrogens is 240 g/mol. The number of benzene rings is 1. The summed E-state index contributed by atoms with van der Waals surface area (Å²) in [6, 6.07) is 10.1. The number of pyridine rings is 1.